The standard InChI is InChI=1S/C8H8ClN3O/c1-13-3-6-7-2-8(9)11-5-12(7)4-10-6/h2,4-5H,3H2,1H3. The van der Waals surface area contributed by atoms with Crippen molar-refractivity contribution in [3.8, 4) is 0 Å². The molecule has 0 unspecified atom stereocenters. The van der Waals surface area contributed by atoms with Crippen molar-refractivity contribution >= 4 is 17.1 Å². The second-order valence-corrected chi connectivity index (χ2v) is 3.02. The molecule has 0 atom stereocenters. The first-order chi connectivity index (χ1) is 6.31. The Morgan fingerprint density at radius 1 is 1.46 bits per heavy atom. The molecule has 68 valence electrons. The molecule has 2 aromatic rings. The summed E-state index contributed by atoms with van der Waals surface area (Å²) >= 11 is 5.75. The zero-order chi connectivity index (χ0) is 9.26. The van der Waals surface area contributed by atoms with E-state index in [9.17, 15) is 0 Å². The molecule has 2 rings (SSSR count). The van der Waals surface area contributed by atoms with Crippen molar-refractivity contribution in [1.29, 1.82) is 0 Å². The Morgan fingerprint density at radius 3 is 3.00 bits per heavy atom. The summed E-state index contributed by atoms with van der Waals surface area (Å²) in [5.41, 5.74) is 1.80. The minimum absolute atomic E-state index is 0.463. The van der Waals surface area contributed by atoms with Crippen molar-refractivity contribution in [3.63, 3.8) is 0 Å². The summed E-state index contributed by atoms with van der Waals surface area (Å²) in [6.07, 6.45) is 3.32. The highest BCUT2D eigenvalue weighted by Gasteiger charge is 2.04. The fourth-order valence-corrected chi connectivity index (χ4v) is 1.32. The number of rotatable bonds is 2. The van der Waals surface area contributed by atoms with Crippen LogP contribution in [0, 0.1) is 0 Å². The lowest BCUT2D eigenvalue weighted by molar-refractivity contribution is 0.183. The van der Waals surface area contributed by atoms with Crippen LogP contribution in [0.1, 0.15) is 5.69 Å². The van der Waals surface area contributed by atoms with Gasteiger partial charge in [-0.05, 0) is 0 Å². The number of fused-ring (bicyclic) bond motifs is 1. The lowest BCUT2D eigenvalue weighted by Crippen LogP contribution is -1.90. The summed E-state index contributed by atoms with van der Waals surface area (Å²) in [5.74, 6) is 0. The van der Waals surface area contributed by atoms with Crippen LogP contribution in [0.5, 0.6) is 0 Å². The van der Waals surface area contributed by atoms with Crippen molar-refractivity contribution in [3.05, 3.63) is 29.6 Å². The Labute approximate surface area is 80.1 Å². The average molecular weight is 198 g/mol. The van der Waals surface area contributed by atoms with Gasteiger partial charge in [0.25, 0.3) is 0 Å². The summed E-state index contributed by atoms with van der Waals surface area (Å²) in [6.45, 7) is 0.483. The van der Waals surface area contributed by atoms with Gasteiger partial charge < -0.3 is 4.74 Å². The summed E-state index contributed by atoms with van der Waals surface area (Å²) in [4.78, 5) is 8.09. The molecular weight excluding hydrogens is 190 g/mol. The van der Waals surface area contributed by atoms with Gasteiger partial charge in [0.05, 0.1) is 17.8 Å². The maximum absolute atomic E-state index is 5.75. The molecule has 0 N–H and O–H groups in total. The SMILES string of the molecule is COCc1ncn2cnc(Cl)cc12. The fourth-order valence-electron chi connectivity index (χ4n) is 1.17. The van der Waals surface area contributed by atoms with Crippen LogP contribution >= 0.6 is 11.6 Å². The van der Waals surface area contributed by atoms with E-state index in [1.165, 1.54) is 0 Å². The second-order valence-electron chi connectivity index (χ2n) is 2.63. The summed E-state index contributed by atoms with van der Waals surface area (Å²) in [5, 5.41) is 0.463. The van der Waals surface area contributed by atoms with Crippen LogP contribution in [0.15, 0.2) is 18.7 Å². The van der Waals surface area contributed by atoms with E-state index >= 15 is 0 Å². The topological polar surface area (TPSA) is 39.4 Å². The van der Waals surface area contributed by atoms with Crippen LogP contribution in [-0.4, -0.2) is 21.5 Å². The summed E-state index contributed by atoms with van der Waals surface area (Å²) in [6, 6.07) is 1.77. The molecule has 0 saturated carbocycles. The molecule has 0 aromatic carbocycles. The first-order valence-electron chi connectivity index (χ1n) is 3.77. The number of methoxy groups -OCH3 is 1. The van der Waals surface area contributed by atoms with E-state index in [0.717, 1.165) is 11.2 Å². The summed E-state index contributed by atoms with van der Waals surface area (Å²) < 4.78 is 6.80. The van der Waals surface area contributed by atoms with Gasteiger partial charge in [0.15, 0.2) is 0 Å². The third-order valence-corrected chi connectivity index (χ3v) is 1.96. The van der Waals surface area contributed by atoms with Gasteiger partial charge in [-0.1, -0.05) is 11.6 Å². The molecule has 0 fully saturated rings. The number of hydrogen-bond donors (Lipinski definition) is 0. The molecule has 13 heavy (non-hydrogen) atoms. The smallest absolute Gasteiger partial charge is 0.132 e. The maximum atomic E-state index is 5.75. The Bertz CT molecular complexity index is 426. The predicted octanol–water partition coefficient (Wildman–Crippen LogP) is 1.53. The van der Waals surface area contributed by atoms with E-state index in [0.29, 0.717) is 11.8 Å². The third kappa shape index (κ3) is 1.50. The van der Waals surface area contributed by atoms with Crippen LogP contribution in [0.2, 0.25) is 5.15 Å². The Morgan fingerprint density at radius 2 is 2.23 bits per heavy atom. The van der Waals surface area contributed by atoms with E-state index in [1.54, 1.807) is 30.2 Å². The van der Waals surface area contributed by atoms with E-state index in [2.05, 4.69) is 9.97 Å². The van der Waals surface area contributed by atoms with Gasteiger partial charge in [-0.2, -0.15) is 0 Å². The first-order valence-corrected chi connectivity index (χ1v) is 4.15. The van der Waals surface area contributed by atoms with E-state index in [-0.39, 0.29) is 0 Å². The lowest BCUT2D eigenvalue weighted by atomic mass is 10.4. The molecule has 5 heteroatoms. The molecule has 0 aliphatic rings. The minimum atomic E-state index is 0.463. The van der Waals surface area contributed by atoms with Crippen molar-refractivity contribution in [2.75, 3.05) is 7.11 Å². The number of imidazole rings is 1. The van der Waals surface area contributed by atoms with Gasteiger partial charge in [0, 0.05) is 13.2 Å². The third-order valence-electron chi connectivity index (χ3n) is 1.75. The van der Waals surface area contributed by atoms with Crippen molar-refractivity contribution in [2.24, 2.45) is 0 Å². The number of nitrogens with zero attached hydrogens (tertiary/aromatic N) is 3. The highest BCUT2D eigenvalue weighted by Crippen LogP contribution is 2.13. The molecule has 0 spiro atoms. The quantitative estimate of drug-likeness (QED) is 0.686. The predicted molar refractivity (Wildman–Crippen MR) is 48.7 cm³/mol. The molecule has 4 nitrogen and oxygen atoms in total. The normalized spacial score (nSPS) is 10.9. The second kappa shape index (κ2) is 3.32. The lowest BCUT2D eigenvalue weighted by Gasteiger charge is -1.96. The number of ether oxygens (including phenoxy) is 1. The maximum Gasteiger partial charge on any atom is 0.132 e. The van der Waals surface area contributed by atoms with Crippen molar-refractivity contribution in [2.45, 2.75) is 6.61 Å². The molecule has 0 bridgehead atoms. The molecule has 0 aliphatic heterocycles. The Balaban J connectivity index is 2.58. The van der Waals surface area contributed by atoms with Crippen LogP contribution in [0.4, 0.5) is 0 Å². The summed E-state index contributed by atoms with van der Waals surface area (Å²) in [7, 11) is 1.63. The van der Waals surface area contributed by atoms with Crippen LogP contribution in [0.3, 0.4) is 0 Å². The van der Waals surface area contributed by atoms with Gasteiger partial charge in [0.1, 0.15) is 17.8 Å². The van der Waals surface area contributed by atoms with Crippen molar-refractivity contribution in [1.82, 2.24) is 14.4 Å². The first kappa shape index (κ1) is 8.47. The number of halogens is 1. The highest BCUT2D eigenvalue weighted by atomic mass is 35.5. The zero-order valence-electron chi connectivity index (χ0n) is 7.07. The van der Waals surface area contributed by atoms with E-state index in [4.69, 9.17) is 16.3 Å². The number of aromatic nitrogens is 3. The van der Waals surface area contributed by atoms with Crippen molar-refractivity contribution < 1.29 is 4.74 Å². The Kier molecular flexibility index (Phi) is 2.16. The molecule has 0 amide bonds. The monoisotopic (exact) mass is 197 g/mol. The minimum Gasteiger partial charge on any atom is -0.378 e. The molecule has 0 aliphatic carbocycles. The number of hydrogen-bond acceptors (Lipinski definition) is 3. The van der Waals surface area contributed by atoms with Crippen LogP contribution in [-0.2, 0) is 11.3 Å². The molecule has 0 saturated heterocycles. The van der Waals surface area contributed by atoms with Crippen LogP contribution < -0.4 is 0 Å². The average Bonchev–Trinajstić information content (AvgIpc) is 2.49. The van der Waals surface area contributed by atoms with Gasteiger partial charge in [-0.15, -0.1) is 0 Å². The van der Waals surface area contributed by atoms with Crippen LogP contribution in [0.25, 0.3) is 5.52 Å². The van der Waals surface area contributed by atoms with Gasteiger partial charge >= 0.3 is 0 Å². The Hall–Kier alpha value is -1.13. The molecule has 2 heterocycles. The van der Waals surface area contributed by atoms with Gasteiger partial charge in [-0.3, -0.25) is 4.40 Å². The largest absolute Gasteiger partial charge is 0.378 e. The van der Waals surface area contributed by atoms with Gasteiger partial charge in [0.2, 0.25) is 0 Å². The molecular formula is C8H8ClN3O. The molecule has 0 radical (unpaired) electrons. The van der Waals surface area contributed by atoms with E-state index in [1.807, 2.05) is 0 Å². The molecule has 2 aromatic heterocycles. The van der Waals surface area contributed by atoms with Gasteiger partial charge in [-0.25, -0.2) is 9.97 Å². The van der Waals surface area contributed by atoms with E-state index < -0.39 is 0 Å². The zero-order valence-corrected chi connectivity index (χ0v) is 7.82. The highest BCUT2D eigenvalue weighted by molar-refractivity contribution is 6.29. The fraction of sp³-hybridized carbons (Fsp3) is 0.250.